The summed E-state index contributed by atoms with van der Waals surface area (Å²) >= 11 is 0. The molecule has 0 bridgehead atoms. The van der Waals surface area contributed by atoms with Crippen molar-refractivity contribution in [3.63, 3.8) is 0 Å². The molecule has 0 aromatic rings. The molecule has 2 nitrogen and oxygen atoms in total. The SMILES string of the molecule is CC=CCC(C)(CO)C(C)O. The van der Waals surface area contributed by atoms with Crippen molar-refractivity contribution in [2.75, 3.05) is 6.61 Å². The van der Waals surface area contributed by atoms with Crippen LogP contribution in [0, 0.1) is 5.41 Å². The van der Waals surface area contributed by atoms with Crippen molar-refractivity contribution in [1.82, 2.24) is 0 Å². The maximum atomic E-state index is 9.30. The Labute approximate surface area is 68.6 Å². The van der Waals surface area contributed by atoms with Crippen molar-refractivity contribution >= 4 is 0 Å². The molecule has 0 fully saturated rings. The minimum absolute atomic E-state index is 0.0228. The van der Waals surface area contributed by atoms with Crippen molar-refractivity contribution in [3.05, 3.63) is 12.2 Å². The molecule has 0 aliphatic carbocycles. The monoisotopic (exact) mass is 158 g/mol. The molecule has 0 aromatic heterocycles. The second-order valence-electron chi connectivity index (χ2n) is 3.26. The first kappa shape index (κ1) is 10.7. The average molecular weight is 158 g/mol. The van der Waals surface area contributed by atoms with Crippen molar-refractivity contribution in [2.24, 2.45) is 5.41 Å². The van der Waals surface area contributed by atoms with Crippen LogP contribution in [0.2, 0.25) is 0 Å². The van der Waals surface area contributed by atoms with E-state index >= 15 is 0 Å². The third-order valence-electron chi connectivity index (χ3n) is 2.19. The summed E-state index contributed by atoms with van der Waals surface area (Å²) in [5.41, 5.74) is -0.382. The molecule has 66 valence electrons. The average Bonchev–Trinajstić information content (AvgIpc) is 2.00. The molecule has 2 atom stereocenters. The van der Waals surface area contributed by atoms with Gasteiger partial charge in [0.2, 0.25) is 0 Å². The van der Waals surface area contributed by atoms with Crippen LogP contribution < -0.4 is 0 Å². The van der Waals surface area contributed by atoms with Gasteiger partial charge in [-0.3, -0.25) is 0 Å². The zero-order valence-corrected chi connectivity index (χ0v) is 7.54. The molecule has 0 spiro atoms. The summed E-state index contributed by atoms with van der Waals surface area (Å²) in [5, 5.41) is 18.3. The summed E-state index contributed by atoms with van der Waals surface area (Å²) in [7, 11) is 0. The minimum atomic E-state index is -0.469. The van der Waals surface area contributed by atoms with E-state index in [1.165, 1.54) is 0 Å². The van der Waals surface area contributed by atoms with Gasteiger partial charge >= 0.3 is 0 Å². The van der Waals surface area contributed by atoms with E-state index < -0.39 is 6.10 Å². The fraction of sp³-hybridized carbons (Fsp3) is 0.778. The Bertz CT molecular complexity index is 130. The van der Waals surface area contributed by atoms with Crippen LogP contribution in [-0.2, 0) is 0 Å². The first-order chi connectivity index (χ1) is 5.06. The highest BCUT2D eigenvalue weighted by atomic mass is 16.3. The van der Waals surface area contributed by atoms with Crippen LogP contribution in [-0.4, -0.2) is 22.9 Å². The molecule has 0 aliphatic rings. The summed E-state index contributed by atoms with van der Waals surface area (Å²) in [6, 6.07) is 0. The lowest BCUT2D eigenvalue weighted by Crippen LogP contribution is -2.33. The van der Waals surface area contributed by atoms with E-state index in [4.69, 9.17) is 5.11 Å². The van der Waals surface area contributed by atoms with Gasteiger partial charge < -0.3 is 10.2 Å². The van der Waals surface area contributed by atoms with E-state index in [9.17, 15) is 5.11 Å². The van der Waals surface area contributed by atoms with E-state index in [0.717, 1.165) is 6.42 Å². The lowest BCUT2D eigenvalue weighted by Gasteiger charge is -2.28. The van der Waals surface area contributed by atoms with Crippen LogP contribution in [0.25, 0.3) is 0 Å². The third kappa shape index (κ3) is 3.04. The van der Waals surface area contributed by atoms with E-state index in [2.05, 4.69) is 0 Å². The summed E-state index contributed by atoms with van der Waals surface area (Å²) in [5.74, 6) is 0. The number of allylic oxidation sites excluding steroid dienone is 2. The van der Waals surface area contributed by atoms with Gasteiger partial charge in [-0.15, -0.1) is 0 Å². The lowest BCUT2D eigenvalue weighted by atomic mass is 9.82. The molecule has 0 aromatic carbocycles. The number of hydrogen-bond donors (Lipinski definition) is 2. The molecule has 2 heteroatoms. The quantitative estimate of drug-likeness (QED) is 0.606. The normalized spacial score (nSPS) is 20.1. The molecule has 0 saturated heterocycles. The summed E-state index contributed by atoms with van der Waals surface area (Å²) in [4.78, 5) is 0. The summed E-state index contributed by atoms with van der Waals surface area (Å²) in [6.45, 7) is 5.53. The zero-order valence-electron chi connectivity index (χ0n) is 7.54. The minimum Gasteiger partial charge on any atom is -0.396 e. The molecule has 0 radical (unpaired) electrons. The highest BCUT2D eigenvalue weighted by molar-refractivity contribution is 4.89. The highest BCUT2D eigenvalue weighted by Gasteiger charge is 2.27. The first-order valence-corrected chi connectivity index (χ1v) is 3.97. The van der Waals surface area contributed by atoms with Gasteiger partial charge in [0, 0.05) is 5.41 Å². The molecular formula is C9H18O2. The highest BCUT2D eigenvalue weighted by Crippen LogP contribution is 2.25. The molecule has 0 rings (SSSR count). The van der Waals surface area contributed by atoms with Gasteiger partial charge in [-0.05, 0) is 20.3 Å². The van der Waals surface area contributed by atoms with E-state index in [0.29, 0.717) is 0 Å². The van der Waals surface area contributed by atoms with Gasteiger partial charge in [0.05, 0.1) is 12.7 Å². The van der Waals surface area contributed by atoms with Crippen molar-refractivity contribution in [1.29, 1.82) is 0 Å². The second-order valence-corrected chi connectivity index (χ2v) is 3.26. The number of hydrogen-bond acceptors (Lipinski definition) is 2. The van der Waals surface area contributed by atoms with E-state index in [-0.39, 0.29) is 12.0 Å². The van der Waals surface area contributed by atoms with Gasteiger partial charge in [-0.1, -0.05) is 19.1 Å². The standard InChI is InChI=1S/C9H18O2/c1-4-5-6-9(3,7-10)8(2)11/h4-5,8,10-11H,6-7H2,1-3H3. The Morgan fingerprint density at radius 2 is 2.09 bits per heavy atom. The fourth-order valence-electron chi connectivity index (χ4n) is 0.754. The summed E-state index contributed by atoms with van der Waals surface area (Å²) < 4.78 is 0. The van der Waals surface area contributed by atoms with Crippen molar-refractivity contribution in [2.45, 2.75) is 33.3 Å². The molecule has 2 unspecified atom stereocenters. The molecule has 0 heterocycles. The molecule has 2 N–H and O–H groups in total. The Kier molecular flexibility index (Phi) is 4.38. The zero-order chi connectivity index (χ0) is 8.91. The van der Waals surface area contributed by atoms with Crippen LogP contribution in [0.5, 0.6) is 0 Å². The number of aliphatic hydroxyl groups excluding tert-OH is 2. The smallest absolute Gasteiger partial charge is 0.0590 e. The second kappa shape index (κ2) is 4.52. The van der Waals surface area contributed by atoms with Gasteiger partial charge in [-0.2, -0.15) is 0 Å². The van der Waals surface area contributed by atoms with Crippen LogP contribution in [0.4, 0.5) is 0 Å². The Hall–Kier alpha value is -0.340. The number of aliphatic hydroxyl groups is 2. The Morgan fingerprint density at radius 3 is 2.36 bits per heavy atom. The van der Waals surface area contributed by atoms with Gasteiger partial charge in [0.15, 0.2) is 0 Å². The predicted octanol–water partition coefficient (Wildman–Crippen LogP) is 1.33. The van der Waals surface area contributed by atoms with Gasteiger partial charge in [-0.25, -0.2) is 0 Å². The maximum Gasteiger partial charge on any atom is 0.0590 e. The van der Waals surface area contributed by atoms with Crippen LogP contribution in [0.1, 0.15) is 27.2 Å². The first-order valence-electron chi connectivity index (χ1n) is 3.97. The van der Waals surface area contributed by atoms with E-state index in [1.54, 1.807) is 6.92 Å². The predicted molar refractivity (Wildman–Crippen MR) is 46.3 cm³/mol. The molecule has 11 heavy (non-hydrogen) atoms. The molecular weight excluding hydrogens is 140 g/mol. The third-order valence-corrected chi connectivity index (χ3v) is 2.19. The maximum absolute atomic E-state index is 9.30. The van der Waals surface area contributed by atoms with Crippen LogP contribution in [0.15, 0.2) is 12.2 Å². The molecule has 0 saturated carbocycles. The van der Waals surface area contributed by atoms with Crippen LogP contribution in [0.3, 0.4) is 0 Å². The van der Waals surface area contributed by atoms with Gasteiger partial charge in [0.1, 0.15) is 0 Å². The van der Waals surface area contributed by atoms with Crippen molar-refractivity contribution in [3.8, 4) is 0 Å². The topological polar surface area (TPSA) is 40.5 Å². The number of rotatable bonds is 4. The molecule has 0 amide bonds. The Balaban J connectivity index is 4.10. The van der Waals surface area contributed by atoms with E-state index in [1.807, 2.05) is 26.0 Å². The van der Waals surface area contributed by atoms with Crippen LogP contribution >= 0.6 is 0 Å². The van der Waals surface area contributed by atoms with Gasteiger partial charge in [0.25, 0.3) is 0 Å². The largest absolute Gasteiger partial charge is 0.396 e. The van der Waals surface area contributed by atoms with Crippen molar-refractivity contribution < 1.29 is 10.2 Å². The molecule has 0 aliphatic heterocycles. The fourth-order valence-corrected chi connectivity index (χ4v) is 0.754. The summed E-state index contributed by atoms with van der Waals surface area (Å²) in [6.07, 6.45) is 4.14. The Morgan fingerprint density at radius 1 is 1.55 bits per heavy atom. The lowest BCUT2D eigenvalue weighted by molar-refractivity contribution is 0.00875.